The van der Waals surface area contributed by atoms with Crippen molar-refractivity contribution in [3.63, 3.8) is 0 Å². The maximum atomic E-state index is 12.9. The summed E-state index contributed by atoms with van der Waals surface area (Å²) in [5, 5.41) is 0. The first-order valence-electron chi connectivity index (χ1n) is 7.77. The number of alkyl halides is 2. The van der Waals surface area contributed by atoms with Crippen LogP contribution >= 0.6 is 0 Å². The fourth-order valence-corrected chi connectivity index (χ4v) is 3.12. The summed E-state index contributed by atoms with van der Waals surface area (Å²) in [6.45, 7) is -1.42. The third kappa shape index (κ3) is 3.64. The van der Waals surface area contributed by atoms with Gasteiger partial charge >= 0.3 is 6.55 Å². The molecule has 1 saturated heterocycles. The quantitative estimate of drug-likeness (QED) is 0.765. The number of carbonyl (C=O) groups excluding carboxylic acids is 1. The molecular formula is C17H19F2N3O. The molecule has 1 aromatic heterocycles. The zero-order chi connectivity index (χ0) is 16.2. The molecule has 0 spiro atoms. The number of Topliss-reactive ketones (excluding diaryl/α,β-unsaturated/α-hetero) is 1. The van der Waals surface area contributed by atoms with Gasteiger partial charge in [0, 0.05) is 30.4 Å². The number of imidazole rings is 1. The molecule has 0 radical (unpaired) electrons. The number of benzene rings is 1. The molecule has 1 aromatic carbocycles. The second-order valence-corrected chi connectivity index (χ2v) is 5.79. The molecule has 122 valence electrons. The van der Waals surface area contributed by atoms with Crippen LogP contribution < -0.4 is 0 Å². The van der Waals surface area contributed by atoms with E-state index in [0.717, 1.165) is 24.0 Å². The van der Waals surface area contributed by atoms with Crippen LogP contribution in [0.15, 0.2) is 42.7 Å². The molecule has 0 aliphatic carbocycles. The normalized spacial score (nSPS) is 18.7. The number of hydrogen-bond donors (Lipinski definition) is 0. The van der Waals surface area contributed by atoms with E-state index in [9.17, 15) is 13.6 Å². The maximum absolute atomic E-state index is 12.9. The van der Waals surface area contributed by atoms with Crippen molar-refractivity contribution in [3.05, 3.63) is 54.1 Å². The van der Waals surface area contributed by atoms with E-state index in [0.29, 0.717) is 24.4 Å². The summed E-state index contributed by atoms with van der Waals surface area (Å²) < 4.78 is 26.7. The minimum Gasteiger partial charge on any atom is -0.294 e. The van der Waals surface area contributed by atoms with Crippen LogP contribution in [-0.2, 0) is 6.54 Å². The van der Waals surface area contributed by atoms with Crippen molar-refractivity contribution in [1.29, 1.82) is 0 Å². The summed E-state index contributed by atoms with van der Waals surface area (Å²) in [5.74, 6) is 0.443. The molecular weight excluding hydrogens is 300 g/mol. The zero-order valence-electron chi connectivity index (χ0n) is 12.7. The lowest BCUT2D eigenvalue weighted by atomic mass is 10.0. The molecule has 1 aliphatic rings. The molecule has 4 nitrogen and oxygen atoms in total. The van der Waals surface area contributed by atoms with Crippen molar-refractivity contribution >= 4 is 5.78 Å². The Kier molecular flexibility index (Phi) is 4.81. The lowest BCUT2D eigenvalue weighted by Crippen LogP contribution is -2.32. The van der Waals surface area contributed by atoms with Gasteiger partial charge in [0.05, 0.1) is 6.54 Å². The van der Waals surface area contributed by atoms with Crippen LogP contribution in [0.3, 0.4) is 0 Å². The number of nitrogens with zero attached hydrogens (tertiary/aromatic N) is 3. The molecule has 3 rings (SSSR count). The lowest BCUT2D eigenvalue weighted by Gasteiger charge is -2.24. The summed E-state index contributed by atoms with van der Waals surface area (Å²) >= 11 is 0. The van der Waals surface area contributed by atoms with Crippen LogP contribution in [0.4, 0.5) is 8.78 Å². The van der Waals surface area contributed by atoms with Crippen LogP contribution in [0.1, 0.15) is 42.0 Å². The van der Waals surface area contributed by atoms with E-state index in [4.69, 9.17) is 0 Å². The SMILES string of the molecule is O=C(C[C@@H]1CCCN1Cc1nccn1C(F)F)c1ccccc1. The fraction of sp³-hybridized carbons (Fsp3) is 0.412. The van der Waals surface area contributed by atoms with E-state index in [1.165, 1.54) is 12.4 Å². The Morgan fingerprint density at radius 1 is 1.30 bits per heavy atom. The van der Waals surface area contributed by atoms with Gasteiger partial charge in [0.15, 0.2) is 5.78 Å². The summed E-state index contributed by atoms with van der Waals surface area (Å²) in [7, 11) is 0. The average Bonchev–Trinajstić information content (AvgIpc) is 3.18. The highest BCUT2D eigenvalue weighted by Gasteiger charge is 2.28. The van der Waals surface area contributed by atoms with Gasteiger partial charge in [-0.2, -0.15) is 8.78 Å². The Bertz CT molecular complexity index is 657. The van der Waals surface area contributed by atoms with Crippen LogP contribution in [0.2, 0.25) is 0 Å². The monoisotopic (exact) mass is 319 g/mol. The van der Waals surface area contributed by atoms with Gasteiger partial charge in [-0.05, 0) is 19.4 Å². The predicted octanol–water partition coefficient (Wildman–Crippen LogP) is 3.52. The maximum Gasteiger partial charge on any atom is 0.319 e. The number of hydrogen-bond acceptors (Lipinski definition) is 3. The smallest absolute Gasteiger partial charge is 0.294 e. The second-order valence-electron chi connectivity index (χ2n) is 5.79. The second kappa shape index (κ2) is 7.00. The Morgan fingerprint density at radius 2 is 2.09 bits per heavy atom. The van der Waals surface area contributed by atoms with Crippen LogP contribution in [0.25, 0.3) is 0 Å². The molecule has 0 amide bonds. The minimum absolute atomic E-state index is 0.0885. The number of halogens is 2. The van der Waals surface area contributed by atoms with Gasteiger partial charge in [-0.1, -0.05) is 30.3 Å². The number of likely N-dealkylation sites (tertiary alicyclic amines) is 1. The van der Waals surface area contributed by atoms with Crippen molar-refractivity contribution in [2.24, 2.45) is 0 Å². The molecule has 1 atom stereocenters. The number of rotatable bonds is 6. The Balaban J connectivity index is 1.66. The number of carbonyl (C=O) groups is 1. The lowest BCUT2D eigenvalue weighted by molar-refractivity contribution is 0.0628. The largest absolute Gasteiger partial charge is 0.319 e. The van der Waals surface area contributed by atoms with Gasteiger partial charge in [0.2, 0.25) is 0 Å². The zero-order valence-corrected chi connectivity index (χ0v) is 12.7. The van der Waals surface area contributed by atoms with Crippen LogP contribution in [-0.4, -0.2) is 32.8 Å². The van der Waals surface area contributed by atoms with E-state index in [-0.39, 0.29) is 11.8 Å². The Hall–Kier alpha value is -2.08. The molecule has 2 aromatic rings. The van der Waals surface area contributed by atoms with E-state index < -0.39 is 6.55 Å². The summed E-state index contributed by atoms with van der Waals surface area (Å²) in [6.07, 6.45) is 4.98. The van der Waals surface area contributed by atoms with E-state index in [2.05, 4.69) is 9.88 Å². The molecule has 0 unspecified atom stereocenters. The molecule has 1 fully saturated rings. The standard InChI is InChI=1S/C17H19F2N3O/c18-17(19)22-10-8-20-16(22)12-21-9-4-7-14(21)11-15(23)13-5-2-1-3-6-13/h1-3,5-6,8,10,14,17H,4,7,9,11-12H2/t14-/m0/s1. The molecule has 6 heteroatoms. The molecule has 23 heavy (non-hydrogen) atoms. The summed E-state index contributed by atoms with van der Waals surface area (Å²) in [5.41, 5.74) is 0.702. The van der Waals surface area contributed by atoms with Gasteiger partial charge in [-0.3, -0.25) is 14.3 Å². The van der Waals surface area contributed by atoms with Gasteiger partial charge in [-0.25, -0.2) is 4.98 Å². The van der Waals surface area contributed by atoms with E-state index in [1.807, 2.05) is 30.3 Å². The summed E-state index contributed by atoms with van der Waals surface area (Å²) in [6, 6.07) is 9.28. The highest BCUT2D eigenvalue weighted by Crippen LogP contribution is 2.24. The molecule has 0 saturated carbocycles. The summed E-state index contributed by atoms with van der Waals surface area (Å²) in [4.78, 5) is 18.5. The highest BCUT2D eigenvalue weighted by atomic mass is 19.3. The minimum atomic E-state index is -2.58. The van der Waals surface area contributed by atoms with Crippen molar-refractivity contribution in [2.45, 2.75) is 38.4 Å². The third-order valence-electron chi connectivity index (χ3n) is 4.32. The van der Waals surface area contributed by atoms with Gasteiger partial charge in [-0.15, -0.1) is 0 Å². The van der Waals surface area contributed by atoms with Crippen molar-refractivity contribution in [1.82, 2.24) is 14.5 Å². The van der Waals surface area contributed by atoms with Crippen LogP contribution in [0.5, 0.6) is 0 Å². The fourth-order valence-electron chi connectivity index (χ4n) is 3.12. The third-order valence-corrected chi connectivity index (χ3v) is 4.32. The number of ketones is 1. The number of aromatic nitrogens is 2. The molecule has 2 heterocycles. The predicted molar refractivity (Wildman–Crippen MR) is 82.3 cm³/mol. The molecule has 0 N–H and O–H groups in total. The Morgan fingerprint density at radius 3 is 2.83 bits per heavy atom. The van der Waals surface area contributed by atoms with Crippen LogP contribution in [0, 0.1) is 0 Å². The first kappa shape index (κ1) is 15.8. The topological polar surface area (TPSA) is 38.1 Å². The van der Waals surface area contributed by atoms with E-state index >= 15 is 0 Å². The molecule has 0 bridgehead atoms. The van der Waals surface area contributed by atoms with E-state index in [1.54, 1.807) is 0 Å². The van der Waals surface area contributed by atoms with Gasteiger partial charge in [0.1, 0.15) is 5.82 Å². The highest BCUT2D eigenvalue weighted by molar-refractivity contribution is 5.96. The first-order chi connectivity index (χ1) is 11.1. The van der Waals surface area contributed by atoms with Crippen molar-refractivity contribution in [2.75, 3.05) is 6.54 Å². The first-order valence-corrected chi connectivity index (χ1v) is 7.77. The van der Waals surface area contributed by atoms with Crippen molar-refractivity contribution < 1.29 is 13.6 Å². The van der Waals surface area contributed by atoms with Gasteiger partial charge in [0.25, 0.3) is 0 Å². The van der Waals surface area contributed by atoms with Crippen molar-refractivity contribution in [3.8, 4) is 0 Å². The molecule has 1 aliphatic heterocycles. The average molecular weight is 319 g/mol. The Labute approximate surface area is 133 Å². The van der Waals surface area contributed by atoms with Gasteiger partial charge < -0.3 is 0 Å².